The second-order valence-corrected chi connectivity index (χ2v) is 6.65. The van der Waals surface area contributed by atoms with Gasteiger partial charge in [-0.15, -0.1) is 22.7 Å². The highest BCUT2D eigenvalue weighted by Crippen LogP contribution is 2.30. The molecule has 1 aliphatic rings. The molecule has 2 aromatic heterocycles. The van der Waals surface area contributed by atoms with E-state index in [9.17, 15) is 4.79 Å². The molecule has 0 aliphatic heterocycles. The van der Waals surface area contributed by atoms with Gasteiger partial charge in [-0.1, -0.05) is 0 Å². The van der Waals surface area contributed by atoms with Crippen molar-refractivity contribution >= 4 is 28.6 Å². The summed E-state index contributed by atoms with van der Waals surface area (Å²) in [4.78, 5) is 17.5. The van der Waals surface area contributed by atoms with Gasteiger partial charge in [0.1, 0.15) is 5.01 Å². The number of amides is 1. The summed E-state index contributed by atoms with van der Waals surface area (Å²) in [5.41, 5.74) is 2.66. The molecule has 5 heteroatoms. The summed E-state index contributed by atoms with van der Waals surface area (Å²) in [6, 6.07) is -0.0196. The van der Waals surface area contributed by atoms with Crippen LogP contribution in [0.5, 0.6) is 0 Å². The van der Waals surface area contributed by atoms with Crippen LogP contribution in [-0.2, 0) is 12.8 Å². The summed E-state index contributed by atoms with van der Waals surface area (Å²) < 4.78 is 0. The Hall–Kier alpha value is -1.20. The van der Waals surface area contributed by atoms with Crippen LogP contribution in [0, 0.1) is 0 Å². The van der Waals surface area contributed by atoms with E-state index >= 15 is 0 Å². The molecule has 1 atom stereocenters. The number of carbonyl (C=O) groups is 1. The molecule has 19 heavy (non-hydrogen) atoms. The van der Waals surface area contributed by atoms with Gasteiger partial charge in [-0.3, -0.25) is 4.79 Å². The van der Waals surface area contributed by atoms with Gasteiger partial charge in [0.25, 0.3) is 5.91 Å². The fourth-order valence-electron chi connectivity index (χ4n) is 2.48. The Morgan fingerprint density at radius 2 is 2.21 bits per heavy atom. The number of thiazole rings is 1. The maximum Gasteiger partial charge on any atom is 0.262 e. The average Bonchev–Trinajstić information content (AvgIpc) is 3.08. The van der Waals surface area contributed by atoms with Crippen molar-refractivity contribution in [2.24, 2.45) is 0 Å². The summed E-state index contributed by atoms with van der Waals surface area (Å²) in [5, 5.41) is 8.10. The lowest BCUT2D eigenvalue weighted by atomic mass is 9.94. The Balaban J connectivity index is 1.75. The quantitative estimate of drug-likeness (QED) is 0.939. The second-order valence-electron chi connectivity index (χ2n) is 4.84. The monoisotopic (exact) mass is 292 g/mol. The summed E-state index contributed by atoms with van der Waals surface area (Å²) in [6.45, 7) is 1.98. The summed E-state index contributed by atoms with van der Waals surface area (Å²) in [5.74, 6) is 0.0517. The minimum absolute atomic E-state index is 0.0196. The molecule has 3 rings (SSSR count). The van der Waals surface area contributed by atoms with Crippen molar-refractivity contribution in [3.05, 3.63) is 38.0 Å². The summed E-state index contributed by atoms with van der Waals surface area (Å²) in [7, 11) is 0. The van der Waals surface area contributed by atoms with Crippen molar-refractivity contribution in [1.29, 1.82) is 0 Å². The molecular weight excluding hydrogens is 276 g/mol. The molecule has 100 valence electrons. The minimum Gasteiger partial charge on any atom is -0.342 e. The lowest BCUT2D eigenvalue weighted by Crippen LogP contribution is -2.26. The SMILES string of the molecule is C[C@@H](NC(=O)c1scc2c1CCCC2)c1nccs1. The molecule has 3 nitrogen and oxygen atoms in total. The van der Waals surface area contributed by atoms with Gasteiger partial charge in [0.15, 0.2) is 0 Å². The Labute approximate surface area is 120 Å². The van der Waals surface area contributed by atoms with E-state index in [1.807, 2.05) is 12.3 Å². The van der Waals surface area contributed by atoms with Crippen LogP contribution in [0.1, 0.15) is 51.6 Å². The Kier molecular flexibility index (Phi) is 3.66. The molecular formula is C14H16N2OS2. The van der Waals surface area contributed by atoms with Crippen LogP contribution in [0.25, 0.3) is 0 Å². The maximum atomic E-state index is 12.4. The van der Waals surface area contributed by atoms with Gasteiger partial charge in [0, 0.05) is 11.6 Å². The highest BCUT2D eigenvalue weighted by molar-refractivity contribution is 7.12. The molecule has 0 unspecified atom stereocenters. The second kappa shape index (κ2) is 5.43. The fraction of sp³-hybridized carbons (Fsp3) is 0.429. The van der Waals surface area contributed by atoms with Crippen molar-refractivity contribution in [3.8, 4) is 0 Å². The van der Waals surface area contributed by atoms with Crippen molar-refractivity contribution in [3.63, 3.8) is 0 Å². The van der Waals surface area contributed by atoms with Gasteiger partial charge in [-0.2, -0.15) is 0 Å². The topological polar surface area (TPSA) is 42.0 Å². The van der Waals surface area contributed by atoms with Crippen LogP contribution in [0.3, 0.4) is 0 Å². The van der Waals surface area contributed by atoms with Crippen LogP contribution >= 0.6 is 22.7 Å². The smallest absolute Gasteiger partial charge is 0.262 e. The predicted octanol–water partition coefficient (Wildman–Crippen LogP) is 3.57. The van der Waals surface area contributed by atoms with Crippen LogP contribution in [-0.4, -0.2) is 10.9 Å². The molecule has 0 saturated heterocycles. The third-order valence-corrected chi connectivity index (χ3v) is 5.51. The summed E-state index contributed by atoms with van der Waals surface area (Å²) in [6.07, 6.45) is 6.40. The van der Waals surface area contributed by atoms with E-state index < -0.39 is 0 Å². The molecule has 1 N–H and O–H groups in total. The van der Waals surface area contributed by atoms with E-state index in [-0.39, 0.29) is 11.9 Å². The number of hydrogen-bond acceptors (Lipinski definition) is 4. The number of carbonyl (C=O) groups excluding carboxylic acids is 1. The molecule has 0 saturated carbocycles. The van der Waals surface area contributed by atoms with E-state index in [0.717, 1.165) is 22.7 Å². The number of nitrogens with one attached hydrogen (secondary N) is 1. The minimum atomic E-state index is -0.0196. The number of thiophene rings is 1. The first-order chi connectivity index (χ1) is 9.25. The highest BCUT2D eigenvalue weighted by Gasteiger charge is 2.21. The Morgan fingerprint density at radius 1 is 1.37 bits per heavy atom. The molecule has 0 spiro atoms. The lowest BCUT2D eigenvalue weighted by Gasteiger charge is -2.14. The van der Waals surface area contributed by atoms with Gasteiger partial charge >= 0.3 is 0 Å². The third kappa shape index (κ3) is 2.58. The van der Waals surface area contributed by atoms with Crippen LogP contribution in [0.2, 0.25) is 0 Å². The van der Waals surface area contributed by atoms with Gasteiger partial charge in [-0.25, -0.2) is 4.98 Å². The van der Waals surface area contributed by atoms with E-state index in [4.69, 9.17) is 0 Å². The Bertz CT molecular complexity index is 574. The number of rotatable bonds is 3. The molecule has 0 radical (unpaired) electrons. The first kappa shape index (κ1) is 12.8. The number of aromatic nitrogens is 1. The molecule has 0 bridgehead atoms. The molecule has 0 fully saturated rings. The predicted molar refractivity (Wildman–Crippen MR) is 79.0 cm³/mol. The van der Waals surface area contributed by atoms with Gasteiger partial charge in [-0.05, 0) is 49.1 Å². The van der Waals surface area contributed by atoms with E-state index in [1.54, 1.807) is 28.9 Å². The van der Waals surface area contributed by atoms with E-state index in [0.29, 0.717) is 0 Å². The number of nitrogens with zero attached hydrogens (tertiary/aromatic N) is 1. The van der Waals surface area contributed by atoms with Crippen molar-refractivity contribution < 1.29 is 4.79 Å². The molecule has 0 aromatic carbocycles. The van der Waals surface area contributed by atoms with Crippen molar-refractivity contribution in [1.82, 2.24) is 10.3 Å². The fourth-order valence-corrected chi connectivity index (χ4v) is 4.19. The zero-order valence-corrected chi connectivity index (χ0v) is 12.4. The number of fused-ring (bicyclic) bond motifs is 1. The van der Waals surface area contributed by atoms with Gasteiger partial charge in [0.05, 0.1) is 10.9 Å². The number of aryl methyl sites for hydroxylation is 1. The summed E-state index contributed by atoms with van der Waals surface area (Å²) >= 11 is 3.16. The lowest BCUT2D eigenvalue weighted by molar-refractivity contribution is 0.0943. The van der Waals surface area contributed by atoms with E-state index in [1.165, 1.54) is 24.0 Å². The normalized spacial score (nSPS) is 15.8. The van der Waals surface area contributed by atoms with Crippen LogP contribution in [0.4, 0.5) is 0 Å². The zero-order chi connectivity index (χ0) is 13.2. The average molecular weight is 292 g/mol. The maximum absolute atomic E-state index is 12.4. The standard InChI is InChI=1S/C14H16N2OS2/c1-9(14-15-6-7-18-14)16-13(17)12-11-5-3-2-4-10(11)8-19-12/h6-9H,2-5H2,1H3,(H,16,17)/t9-/m1/s1. The Morgan fingerprint density at radius 3 is 3.00 bits per heavy atom. The van der Waals surface area contributed by atoms with Crippen molar-refractivity contribution in [2.75, 3.05) is 0 Å². The third-order valence-electron chi connectivity index (χ3n) is 3.48. The van der Waals surface area contributed by atoms with Crippen LogP contribution < -0.4 is 5.32 Å². The molecule has 2 heterocycles. The van der Waals surface area contributed by atoms with E-state index in [2.05, 4.69) is 15.7 Å². The van der Waals surface area contributed by atoms with Gasteiger partial charge in [0.2, 0.25) is 0 Å². The largest absolute Gasteiger partial charge is 0.342 e. The molecule has 1 aliphatic carbocycles. The molecule has 1 amide bonds. The van der Waals surface area contributed by atoms with Gasteiger partial charge < -0.3 is 5.32 Å². The number of hydrogen-bond donors (Lipinski definition) is 1. The first-order valence-electron chi connectivity index (χ1n) is 6.55. The highest BCUT2D eigenvalue weighted by atomic mass is 32.1. The zero-order valence-electron chi connectivity index (χ0n) is 10.8. The van der Waals surface area contributed by atoms with Crippen LogP contribution in [0.15, 0.2) is 17.0 Å². The first-order valence-corrected chi connectivity index (χ1v) is 8.31. The van der Waals surface area contributed by atoms with Crippen molar-refractivity contribution in [2.45, 2.75) is 38.6 Å². The molecule has 2 aromatic rings.